The van der Waals surface area contributed by atoms with E-state index in [1.807, 2.05) is 54.8 Å². The first-order valence-corrected chi connectivity index (χ1v) is 6.64. The van der Waals surface area contributed by atoms with E-state index in [0.717, 1.165) is 22.7 Å². The lowest BCUT2D eigenvalue weighted by Gasteiger charge is -1.99. The molecule has 0 aliphatic heterocycles. The van der Waals surface area contributed by atoms with E-state index in [1.54, 1.807) is 6.07 Å². The van der Waals surface area contributed by atoms with Gasteiger partial charge in [-0.05, 0) is 37.6 Å². The lowest BCUT2D eigenvalue weighted by molar-refractivity contribution is 1.08. The van der Waals surface area contributed by atoms with E-state index >= 15 is 0 Å². The van der Waals surface area contributed by atoms with Gasteiger partial charge in [0.05, 0.1) is 10.7 Å². The monoisotopic (exact) mass is 284 g/mol. The third kappa shape index (κ3) is 2.30. The number of imidazole rings is 1. The molecule has 0 amide bonds. The van der Waals surface area contributed by atoms with E-state index in [0.29, 0.717) is 10.7 Å². The fourth-order valence-corrected chi connectivity index (χ4v) is 2.18. The number of rotatable bonds is 2. The molecule has 1 aromatic carbocycles. The molecule has 0 spiro atoms. The second-order valence-electron chi connectivity index (χ2n) is 4.61. The predicted octanol–water partition coefficient (Wildman–Crippen LogP) is 5.02. The average molecular weight is 285 g/mol. The summed E-state index contributed by atoms with van der Waals surface area (Å²) in [6.07, 6.45) is 2.00. The highest BCUT2D eigenvalue weighted by atomic mass is 35.5. The van der Waals surface area contributed by atoms with E-state index in [-0.39, 0.29) is 0 Å². The Morgan fingerprint density at radius 1 is 1.05 bits per heavy atom. The number of fused-ring (bicyclic) bond motifs is 1. The van der Waals surface area contributed by atoms with Gasteiger partial charge in [0, 0.05) is 6.20 Å². The first-order chi connectivity index (χ1) is 9.65. The summed E-state index contributed by atoms with van der Waals surface area (Å²) in [5.41, 5.74) is 3.49. The molecule has 2 aromatic heterocycles. The van der Waals surface area contributed by atoms with Gasteiger partial charge in [-0.1, -0.05) is 29.8 Å². The van der Waals surface area contributed by atoms with Crippen molar-refractivity contribution in [3.05, 3.63) is 58.9 Å². The number of azo groups is 1. The van der Waals surface area contributed by atoms with Gasteiger partial charge in [0.15, 0.2) is 5.82 Å². The summed E-state index contributed by atoms with van der Waals surface area (Å²) in [4.78, 5) is 4.47. The molecule has 5 heteroatoms. The number of aromatic nitrogens is 2. The third-order valence-corrected chi connectivity index (χ3v) is 3.33. The zero-order chi connectivity index (χ0) is 14.1. The molecule has 100 valence electrons. The van der Waals surface area contributed by atoms with Crippen LogP contribution in [0.2, 0.25) is 5.02 Å². The molecule has 0 radical (unpaired) electrons. The molecule has 4 nitrogen and oxygen atoms in total. The summed E-state index contributed by atoms with van der Waals surface area (Å²) in [7, 11) is 0. The van der Waals surface area contributed by atoms with Crippen molar-refractivity contribution < 1.29 is 0 Å². The maximum atomic E-state index is 6.07. The molecule has 0 N–H and O–H groups in total. The van der Waals surface area contributed by atoms with E-state index in [1.165, 1.54) is 0 Å². The summed E-state index contributed by atoms with van der Waals surface area (Å²) in [5.74, 6) is 0.726. The van der Waals surface area contributed by atoms with E-state index in [4.69, 9.17) is 11.6 Å². The quantitative estimate of drug-likeness (QED) is 0.609. The fraction of sp³-hybridized carbons (Fsp3) is 0.133. The van der Waals surface area contributed by atoms with Crippen molar-refractivity contribution in [2.45, 2.75) is 13.8 Å². The lowest BCUT2D eigenvalue weighted by atomic mass is 10.3. The van der Waals surface area contributed by atoms with Crippen LogP contribution >= 0.6 is 11.6 Å². The number of aryl methyl sites for hydroxylation is 2. The van der Waals surface area contributed by atoms with Crippen LogP contribution in [0.1, 0.15) is 11.3 Å². The van der Waals surface area contributed by atoms with Crippen molar-refractivity contribution >= 4 is 28.8 Å². The number of hydrogen-bond donors (Lipinski definition) is 0. The van der Waals surface area contributed by atoms with Crippen LogP contribution in [-0.4, -0.2) is 9.38 Å². The van der Waals surface area contributed by atoms with Crippen LogP contribution in [0, 0.1) is 13.8 Å². The van der Waals surface area contributed by atoms with Crippen LogP contribution in [-0.2, 0) is 0 Å². The van der Waals surface area contributed by atoms with Gasteiger partial charge in [-0.2, -0.15) is 0 Å². The number of benzene rings is 1. The zero-order valence-electron chi connectivity index (χ0n) is 11.2. The summed E-state index contributed by atoms with van der Waals surface area (Å²) in [6, 6.07) is 11.4. The van der Waals surface area contributed by atoms with Crippen LogP contribution < -0.4 is 0 Å². The molecule has 0 fully saturated rings. The minimum atomic E-state index is 0.582. The minimum absolute atomic E-state index is 0.582. The van der Waals surface area contributed by atoms with Crippen molar-refractivity contribution in [1.82, 2.24) is 9.38 Å². The third-order valence-electron chi connectivity index (χ3n) is 3.01. The molecule has 3 rings (SSSR count). The molecule has 0 aliphatic rings. The first-order valence-electron chi connectivity index (χ1n) is 6.27. The molecule has 0 saturated carbocycles. The Balaban J connectivity index is 2.09. The van der Waals surface area contributed by atoms with Gasteiger partial charge in [-0.15, -0.1) is 10.2 Å². The number of nitrogens with zero attached hydrogens (tertiary/aromatic N) is 4. The van der Waals surface area contributed by atoms with Gasteiger partial charge in [0.1, 0.15) is 11.3 Å². The smallest absolute Gasteiger partial charge is 0.182 e. The second kappa shape index (κ2) is 5.06. The molecular weight excluding hydrogens is 272 g/mol. The highest BCUT2D eigenvalue weighted by molar-refractivity contribution is 6.32. The van der Waals surface area contributed by atoms with Crippen molar-refractivity contribution in [2.24, 2.45) is 10.2 Å². The average Bonchev–Trinajstić information content (AvgIpc) is 2.73. The second-order valence-corrected chi connectivity index (χ2v) is 5.01. The number of pyridine rings is 1. The summed E-state index contributed by atoms with van der Waals surface area (Å²) in [6.45, 7) is 3.95. The fourth-order valence-electron chi connectivity index (χ4n) is 2.01. The van der Waals surface area contributed by atoms with E-state index in [9.17, 15) is 0 Å². The largest absolute Gasteiger partial charge is 0.283 e. The van der Waals surface area contributed by atoms with Crippen LogP contribution in [0.5, 0.6) is 0 Å². The van der Waals surface area contributed by atoms with Crippen molar-refractivity contribution in [3.63, 3.8) is 0 Å². The molecule has 2 heterocycles. The summed E-state index contributed by atoms with van der Waals surface area (Å²) < 4.78 is 1.94. The van der Waals surface area contributed by atoms with E-state index < -0.39 is 0 Å². The van der Waals surface area contributed by atoms with Crippen LogP contribution in [0.4, 0.5) is 11.5 Å². The number of hydrogen-bond acceptors (Lipinski definition) is 3. The summed E-state index contributed by atoms with van der Waals surface area (Å²) >= 11 is 6.07. The molecule has 20 heavy (non-hydrogen) atoms. The Kier molecular flexibility index (Phi) is 3.24. The lowest BCUT2D eigenvalue weighted by Crippen LogP contribution is -1.84. The van der Waals surface area contributed by atoms with Crippen molar-refractivity contribution in [2.75, 3.05) is 0 Å². The Morgan fingerprint density at radius 2 is 1.85 bits per heavy atom. The topological polar surface area (TPSA) is 42.0 Å². The summed E-state index contributed by atoms with van der Waals surface area (Å²) in [5, 5.41) is 9.11. The predicted molar refractivity (Wildman–Crippen MR) is 80.3 cm³/mol. The molecule has 0 atom stereocenters. The Bertz CT molecular complexity index is 805. The van der Waals surface area contributed by atoms with Crippen LogP contribution in [0.3, 0.4) is 0 Å². The zero-order valence-corrected chi connectivity index (χ0v) is 12.0. The Labute approximate surface area is 121 Å². The normalized spacial score (nSPS) is 11.6. The van der Waals surface area contributed by atoms with Crippen molar-refractivity contribution in [3.8, 4) is 0 Å². The van der Waals surface area contributed by atoms with Gasteiger partial charge in [-0.25, -0.2) is 4.98 Å². The molecule has 0 saturated heterocycles. The molecule has 0 unspecified atom stereocenters. The molecule has 3 aromatic rings. The van der Waals surface area contributed by atoms with Gasteiger partial charge >= 0.3 is 0 Å². The highest BCUT2D eigenvalue weighted by Gasteiger charge is 2.08. The van der Waals surface area contributed by atoms with Crippen molar-refractivity contribution in [1.29, 1.82) is 0 Å². The van der Waals surface area contributed by atoms with Gasteiger partial charge in [0.2, 0.25) is 0 Å². The Morgan fingerprint density at radius 3 is 2.65 bits per heavy atom. The highest BCUT2D eigenvalue weighted by Crippen LogP contribution is 2.28. The molecule has 0 aliphatic carbocycles. The maximum Gasteiger partial charge on any atom is 0.182 e. The molecule has 0 bridgehead atoms. The van der Waals surface area contributed by atoms with Gasteiger partial charge in [-0.3, -0.25) is 4.40 Å². The van der Waals surface area contributed by atoms with Crippen LogP contribution in [0.25, 0.3) is 5.65 Å². The minimum Gasteiger partial charge on any atom is -0.283 e. The van der Waals surface area contributed by atoms with Crippen LogP contribution in [0.15, 0.2) is 52.8 Å². The Hall–Kier alpha value is -2.20. The van der Waals surface area contributed by atoms with Gasteiger partial charge < -0.3 is 0 Å². The SMILES string of the molecule is Cc1ccc2nc(C)c(N=Nc3ccccc3Cl)n2c1. The standard InChI is InChI=1S/C15H13ClN4/c1-10-7-8-14-17-11(2)15(20(14)9-10)19-18-13-6-4-3-5-12(13)16/h3-9H,1-2H3. The van der Waals surface area contributed by atoms with Gasteiger partial charge in [0.25, 0.3) is 0 Å². The molecular formula is C15H13ClN4. The maximum absolute atomic E-state index is 6.07. The first kappa shape index (κ1) is 12.8. The van der Waals surface area contributed by atoms with E-state index in [2.05, 4.69) is 15.2 Å². The number of halogens is 1.